The maximum Gasteiger partial charge on any atom is 0.433 e. The molecule has 3 rings (SSSR count). The highest BCUT2D eigenvalue weighted by atomic mass is 19.4. The highest BCUT2D eigenvalue weighted by Gasteiger charge is 2.33. The second kappa shape index (κ2) is 7.54. The molecule has 5 nitrogen and oxygen atoms in total. The van der Waals surface area contributed by atoms with Crippen LogP contribution < -0.4 is 0 Å². The molecule has 0 atom stereocenters. The van der Waals surface area contributed by atoms with E-state index in [-0.39, 0.29) is 41.1 Å². The molecule has 0 amide bonds. The van der Waals surface area contributed by atoms with Gasteiger partial charge in [-0.15, -0.1) is 5.10 Å². The molecule has 1 aromatic carbocycles. The second-order valence-electron chi connectivity index (χ2n) is 6.06. The number of nitrogens with zero attached hydrogens (tertiary/aromatic N) is 4. The number of halogens is 6. The molecule has 2 aromatic heterocycles. The molecule has 0 radical (unpaired) electrons. The molecular formula is C18H11F6N5. The van der Waals surface area contributed by atoms with Gasteiger partial charge in [0, 0.05) is 11.3 Å². The van der Waals surface area contributed by atoms with Crippen molar-refractivity contribution in [3.63, 3.8) is 0 Å². The number of hydrogen-bond donors (Lipinski definition) is 1. The summed E-state index contributed by atoms with van der Waals surface area (Å²) in [5.41, 5.74) is -1.92. The van der Waals surface area contributed by atoms with E-state index in [0.717, 1.165) is 18.2 Å². The fourth-order valence-electron chi connectivity index (χ4n) is 2.70. The van der Waals surface area contributed by atoms with Crippen LogP contribution in [-0.4, -0.2) is 20.4 Å². The minimum atomic E-state index is -4.66. The molecule has 0 bridgehead atoms. The number of benzene rings is 1. The lowest BCUT2D eigenvalue weighted by atomic mass is 9.98. The maximum atomic E-state index is 13.3. The topological polar surface area (TPSA) is 78.2 Å². The Morgan fingerprint density at radius 2 is 1.69 bits per heavy atom. The normalized spacial score (nSPS) is 12.0. The lowest BCUT2D eigenvalue weighted by molar-refractivity contribution is -0.141. The largest absolute Gasteiger partial charge is 0.433 e. The molecular weight excluding hydrogens is 400 g/mol. The Morgan fingerprint density at radius 3 is 2.34 bits per heavy atom. The summed E-state index contributed by atoms with van der Waals surface area (Å²) in [6.45, 7) is 0. The van der Waals surface area contributed by atoms with E-state index in [1.807, 2.05) is 0 Å². The zero-order valence-electron chi connectivity index (χ0n) is 14.4. The number of nitrogens with one attached hydrogen (secondary N) is 1. The first-order chi connectivity index (χ1) is 13.6. The predicted octanol–water partition coefficient (Wildman–Crippen LogP) is 4.56. The van der Waals surface area contributed by atoms with Crippen molar-refractivity contribution in [3.05, 3.63) is 64.6 Å². The van der Waals surface area contributed by atoms with Gasteiger partial charge in [-0.2, -0.15) is 41.9 Å². The quantitative estimate of drug-likeness (QED) is 0.639. The lowest BCUT2D eigenvalue weighted by Crippen LogP contribution is -2.10. The molecule has 0 spiro atoms. The number of pyridine rings is 1. The monoisotopic (exact) mass is 411 g/mol. The summed E-state index contributed by atoms with van der Waals surface area (Å²) < 4.78 is 78.1. The van der Waals surface area contributed by atoms with Gasteiger partial charge in [0.1, 0.15) is 17.5 Å². The van der Waals surface area contributed by atoms with Crippen LogP contribution in [0.15, 0.2) is 36.4 Å². The van der Waals surface area contributed by atoms with Gasteiger partial charge in [-0.3, -0.25) is 0 Å². The Balaban J connectivity index is 1.93. The number of alkyl halides is 6. The maximum absolute atomic E-state index is 13.3. The summed E-state index contributed by atoms with van der Waals surface area (Å²) in [5, 5.41) is 18.5. The van der Waals surface area contributed by atoms with Crippen molar-refractivity contribution in [2.24, 2.45) is 0 Å². The van der Waals surface area contributed by atoms with Gasteiger partial charge in [-0.05, 0) is 48.7 Å². The van der Waals surface area contributed by atoms with Crippen LogP contribution in [0.3, 0.4) is 0 Å². The van der Waals surface area contributed by atoms with Gasteiger partial charge in [0.05, 0.1) is 5.56 Å². The van der Waals surface area contributed by atoms with Crippen molar-refractivity contribution < 1.29 is 26.3 Å². The molecule has 1 N–H and O–H groups in total. The third-order valence-electron chi connectivity index (χ3n) is 4.01. The molecule has 3 aromatic rings. The molecule has 0 aliphatic rings. The Kier molecular flexibility index (Phi) is 5.28. The first kappa shape index (κ1) is 20.3. The SMILES string of the molecule is N#Cc1n[nH]nc1-c1cc(CCc2cccc(C(F)(F)F)n2)cc(C(F)(F)F)c1. The average molecular weight is 411 g/mol. The molecule has 29 heavy (non-hydrogen) atoms. The van der Waals surface area contributed by atoms with E-state index in [2.05, 4.69) is 20.4 Å². The highest BCUT2D eigenvalue weighted by Crippen LogP contribution is 2.34. The van der Waals surface area contributed by atoms with E-state index in [0.29, 0.717) is 0 Å². The van der Waals surface area contributed by atoms with Crippen LogP contribution in [0.25, 0.3) is 11.3 Å². The van der Waals surface area contributed by atoms with Crippen LogP contribution in [-0.2, 0) is 25.2 Å². The molecule has 0 aliphatic heterocycles. The second-order valence-corrected chi connectivity index (χ2v) is 6.06. The molecule has 0 saturated heterocycles. The average Bonchev–Trinajstić information content (AvgIpc) is 3.14. The fourth-order valence-corrected chi connectivity index (χ4v) is 2.70. The van der Waals surface area contributed by atoms with Crippen LogP contribution in [0.4, 0.5) is 26.3 Å². The van der Waals surface area contributed by atoms with Crippen LogP contribution in [0.5, 0.6) is 0 Å². The third kappa shape index (κ3) is 4.71. The summed E-state index contributed by atoms with van der Waals surface area (Å²) >= 11 is 0. The third-order valence-corrected chi connectivity index (χ3v) is 4.01. The number of aromatic nitrogens is 4. The van der Waals surface area contributed by atoms with E-state index in [9.17, 15) is 26.3 Å². The Hall–Kier alpha value is -3.42. The Morgan fingerprint density at radius 1 is 0.931 bits per heavy atom. The summed E-state index contributed by atoms with van der Waals surface area (Å²) in [7, 11) is 0. The number of rotatable bonds is 4. The van der Waals surface area contributed by atoms with E-state index in [1.165, 1.54) is 18.2 Å². The minimum absolute atomic E-state index is 0.00493. The number of aryl methyl sites for hydroxylation is 2. The predicted molar refractivity (Wildman–Crippen MR) is 88.2 cm³/mol. The van der Waals surface area contributed by atoms with Crippen molar-refractivity contribution in [1.29, 1.82) is 5.26 Å². The smallest absolute Gasteiger partial charge is 0.248 e. The van der Waals surface area contributed by atoms with Gasteiger partial charge in [0.15, 0.2) is 5.69 Å². The molecule has 0 fully saturated rings. The molecule has 0 unspecified atom stereocenters. The summed E-state index contributed by atoms with van der Waals surface area (Å²) in [6.07, 6.45) is -9.27. The molecule has 11 heteroatoms. The van der Waals surface area contributed by atoms with Crippen LogP contribution in [0, 0.1) is 11.3 Å². The van der Waals surface area contributed by atoms with Crippen molar-refractivity contribution in [3.8, 4) is 17.3 Å². The van der Waals surface area contributed by atoms with E-state index in [4.69, 9.17) is 5.26 Å². The first-order valence-corrected chi connectivity index (χ1v) is 8.13. The molecule has 2 heterocycles. The Labute approximate surface area is 160 Å². The zero-order valence-corrected chi connectivity index (χ0v) is 14.4. The number of nitriles is 1. The summed E-state index contributed by atoms with van der Waals surface area (Å²) in [4.78, 5) is 3.51. The van der Waals surface area contributed by atoms with Crippen molar-refractivity contribution in [1.82, 2.24) is 20.4 Å². The fraction of sp³-hybridized carbons (Fsp3) is 0.222. The summed E-state index contributed by atoms with van der Waals surface area (Å²) in [6, 6.07) is 8.24. The first-order valence-electron chi connectivity index (χ1n) is 8.13. The van der Waals surface area contributed by atoms with Gasteiger partial charge < -0.3 is 0 Å². The van der Waals surface area contributed by atoms with Gasteiger partial charge in [0.25, 0.3) is 0 Å². The minimum Gasteiger partial charge on any atom is -0.248 e. The standard InChI is InChI=1S/C18H11F6N5/c19-17(20,21)12-7-10(6-11(8-12)16-14(9-25)27-29-28-16)4-5-13-2-1-3-15(26-13)18(22,23)24/h1-3,6-8H,4-5H2,(H,27,28,29). The van der Waals surface area contributed by atoms with Crippen LogP contribution in [0.1, 0.15) is 28.2 Å². The number of H-pyrrole nitrogens is 1. The number of hydrogen-bond acceptors (Lipinski definition) is 4. The van der Waals surface area contributed by atoms with E-state index < -0.39 is 23.6 Å². The van der Waals surface area contributed by atoms with Gasteiger partial charge >= 0.3 is 12.4 Å². The Bertz CT molecular complexity index is 1060. The van der Waals surface area contributed by atoms with E-state index in [1.54, 1.807) is 6.07 Å². The van der Waals surface area contributed by atoms with Crippen molar-refractivity contribution in [2.75, 3.05) is 0 Å². The summed E-state index contributed by atoms with van der Waals surface area (Å²) in [5.74, 6) is 0. The van der Waals surface area contributed by atoms with Crippen LogP contribution in [0.2, 0.25) is 0 Å². The van der Waals surface area contributed by atoms with Gasteiger partial charge in [-0.25, -0.2) is 4.98 Å². The molecule has 150 valence electrons. The van der Waals surface area contributed by atoms with Crippen molar-refractivity contribution in [2.45, 2.75) is 25.2 Å². The molecule has 0 aliphatic carbocycles. The number of aromatic amines is 1. The lowest BCUT2D eigenvalue weighted by Gasteiger charge is -2.12. The highest BCUT2D eigenvalue weighted by molar-refractivity contribution is 5.66. The van der Waals surface area contributed by atoms with Crippen molar-refractivity contribution >= 4 is 0 Å². The van der Waals surface area contributed by atoms with Gasteiger partial charge in [-0.1, -0.05) is 6.07 Å². The van der Waals surface area contributed by atoms with Crippen LogP contribution >= 0.6 is 0 Å². The van der Waals surface area contributed by atoms with E-state index >= 15 is 0 Å². The van der Waals surface area contributed by atoms with Gasteiger partial charge in [0.2, 0.25) is 0 Å². The molecule has 0 saturated carbocycles. The zero-order chi connectivity index (χ0) is 21.2.